The Hall–Kier alpha value is -1.71. The maximum Gasteiger partial charge on any atom is 0.243 e. The first-order valence-corrected chi connectivity index (χ1v) is 11.7. The molecule has 1 aliphatic carbocycles. The molecule has 1 fully saturated rings. The summed E-state index contributed by atoms with van der Waals surface area (Å²) in [6.07, 6.45) is 4.53. The Labute approximate surface area is 163 Å². The summed E-state index contributed by atoms with van der Waals surface area (Å²) < 4.78 is 28.9. The van der Waals surface area contributed by atoms with E-state index in [1.54, 1.807) is 34.6 Å². The van der Waals surface area contributed by atoms with Crippen molar-refractivity contribution in [2.75, 3.05) is 13.1 Å². The Morgan fingerprint density at radius 2 is 2.04 bits per heavy atom. The molecule has 0 amide bonds. The molecule has 1 aromatic carbocycles. The Morgan fingerprint density at radius 3 is 2.81 bits per heavy atom. The fourth-order valence-electron chi connectivity index (χ4n) is 3.58. The minimum Gasteiger partial charge on any atom is -0.207 e. The van der Waals surface area contributed by atoms with Crippen LogP contribution < -0.4 is 0 Å². The second-order valence-corrected chi connectivity index (χ2v) is 9.79. The largest absolute Gasteiger partial charge is 0.243 e. The molecule has 1 aromatic heterocycles. The number of fused-ring (bicyclic) bond motifs is 2. The molecule has 144 valence electrons. The van der Waals surface area contributed by atoms with Crippen LogP contribution in [0.2, 0.25) is 0 Å². The number of aromatic nitrogens is 3. The zero-order valence-corrected chi connectivity index (χ0v) is 17.1. The molecule has 2 aromatic rings. The van der Waals surface area contributed by atoms with Gasteiger partial charge in [0.2, 0.25) is 15.2 Å². The van der Waals surface area contributed by atoms with Crippen LogP contribution in [0.4, 0.5) is 0 Å². The summed E-state index contributed by atoms with van der Waals surface area (Å²) in [6.45, 7) is 4.56. The number of thioether (sulfide) groups is 1. The van der Waals surface area contributed by atoms with Crippen molar-refractivity contribution in [1.29, 1.82) is 0 Å². The van der Waals surface area contributed by atoms with Gasteiger partial charge in [0.25, 0.3) is 0 Å². The van der Waals surface area contributed by atoms with Gasteiger partial charge < -0.3 is 0 Å². The van der Waals surface area contributed by atoms with E-state index in [1.165, 1.54) is 22.9 Å². The van der Waals surface area contributed by atoms with Crippen molar-refractivity contribution in [3.8, 4) is 11.4 Å². The van der Waals surface area contributed by atoms with E-state index < -0.39 is 10.0 Å². The summed E-state index contributed by atoms with van der Waals surface area (Å²) in [4.78, 5) is 0.271. The van der Waals surface area contributed by atoms with E-state index in [0.717, 1.165) is 18.0 Å². The average Bonchev–Trinajstić information content (AvgIpc) is 3.09. The zero-order valence-electron chi connectivity index (χ0n) is 15.5. The molecule has 0 saturated heterocycles. The first kappa shape index (κ1) is 18.6. The van der Waals surface area contributed by atoms with Crippen LogP contribution in [0.3, 0.4) is 0 Å². The fraction of sp³-hybridized carbons (Fsp3) is 0.500. The number of hydrogen-bond acceptors (Lipinski definition) is 6. The molecular formula is C18H23N5O2S2. The highest BCUT2D eigenvalue weighted by Gasteiger charge is 2.30. The van der Waals surface area contributed by atoms with E-state index in [4.69, 9.17) is 5.10 Å². The van der Waals surface area contributed by atoms with Gasteiger partial charge in [0, 0.05) is 18.7 Å². The van der Waals surface area contributed by atoms with Crippen LogP contribution >= 0.6 is 11.8 Å². The first-order chi connectivity index (χ1) is 13.0. The van der Waals surface area contributed by atoms with E-state index >= 15 is 0 Å². The standard InChI is InChI=1S/C18H23N5O2S2/c1-3-22(4-2)27(24,25)14-9-7-8-13(12-14)17-19-20-18-23(17)21-15-10-5-6-11-16(15)26-18/h7-9,12,16H,3-6,10-11H2,1-2H3/t16-/m0/s1. The van der Waals surface area contributed by atoms with E-state index in [1.807, 2.05) is 19.9 Å². The number of sulfonamides is 1. The van der Waals surface area contributed by atoms with Crippen molar-refractivity contribution in [2.45, 2.75) is 54.8 Å². The third-order valence-electron chi connectivity index (χ3n) is 5.04. The van der Waals surface area contributed by atoms with Gasteiger partial charge in [-0.3, -0.25) is 0 Å². The maximum atomic E-state index is 12.8. The normalized spacial score (nSPS) is 19.5. The molecule has 0 spiro atoms. The molecule has 2 heterocycles. The smallest absolute Gasteiger partial charge is 0.207 e. The average molecular weight is 406 g/mol. The Bertz CT molecular complexity index is 979. The molecule has 0 bridgehead atoms. The van der Waals surface area contributed by atoms with Crippen molar-refractivity contribution < 1.29 is 8.42 Å². The van der Waals surface area contributed by atoms with Gasteiger partial charge in [-0.25, -0.2) is 8.42 Å². The van der Waals surface area contributed by atoms with Gasteiger partial charge in [-0.15, -0.1) is 10.2 Å². The number of hydrogen-bond donors (Lipinski definition) is 0. The highest BCUT2D eigenvalue weighted by molar-refractivity contribution is 8.00. The van der Waals surface area contributed by atoms with Crippen molar-refractivity contribution in [1.82, 2.24) is 19.2 Å². The molecule has 1 saturated carbocycles. The predicted molar refractivity (Wildman–Crippen MR) is 107 cm³/mol. The molecule has 4 rings (SSSR count). The van der Waals surface area contributed by atoms with Crippen LogP contribution in [-0.4, -0.2) is 51.6 Å². The van der Waals surface area contributed by atoms with Crippen molar-refractivity contribution in [2.24, 2.45) is 5.10 Å². The van der Waals surface area contributed by atoms with E-state index in [0.29, 0.717) is 29.7 Å². The van der Waals surface area contributed by atoms with E-state index in [2.05, 4.69) is 10.2 Å². The summed E-state index contributed by atoms with van der Waals surface area (Å²) in [6, 6.07) is 6.90. The van der Waals surface area contributed by atoms with Crippen LogP contribution in [0.25, 0.3) is 11.4 Å². The Morgan fingerprint density at radius 1 is 1.22 bits per heavy atom. The number of benzene rings is 1. The van der Waals surface area contributed by atoms with Crippen molar-refractivity contribution >= 4 is 27.5 Å². The van der Waals surface area contributed by atoms with Gasteiger partial charge in [-0.1, -0.05) is 44.2 Å². The maximum absolute atomic E-state index is 12.8. The summed E-state index contributed by atoms with van der Waals surface area (Å²) in [7, 11) is -3.52. The van der Waals surface area contributed by atoms with Crippen LogP contribution in [0.5, 0.6) is 0 Å². The molecule has 7 nitrogen and oxygen atoms in total. The van der Waals surface area contributed by atoms with Crippen LogP contribution in [0.15, 0.2) is 39.4 Å². The summed E-state index contributed by atoms with van der Waals surface area (Å²) in [5.41, 5.74) is 1.90. The highest BCUT2D eigenvalue weighted by Crippen LogP contribution is 2.37. The lowest BCUT2D eigenvalue weighted by molar-refractivity contribution is 0.445. The summed E-state index contributed by atoms with van der Waals surface area (Å²) in [5, 5.41) is 14.6. The minimum atomic E-state index is -3.52. The van der Waals surface area contributed by atoms with E-state index in [-0.39, 0.29) is 4.90 Å². The second-order valence-electron chi connectivity index (χ2n) is 6.68. The lowest BCUT2D eigenvalue weighted by Crippen LogP contribution is -2.30. The van der Waals surface area contributed by atoms with Crippen LogP contribution in [0, 0.1) is 0 Å². The van der Waals surface area contributed by atoms with Gasteiger partial charge in [-0.05, 0) is 31.4 Å². The number of rotatable bonds is 5. The quantitative estimate of drug-likeness (QED) is 0.763. The van der Waals surface area contributed by atoms with Gasteiger partial charge in [0.1, 0.15) is 0 Å². The molecule has 1 atom stereocenters. The summed E-state index contributed by atoms with van der Waals surface area (Å²) in [5.74, 6) is 0.589. The van der Waals surface area contributed by atoms with Gasteiger partial charge >= 0.3 is 0 Å². The second kappa shape index (κ2) is 7.37. The van der Waals surface area contributed by atoms with Gasteiger partial charge in [0.05, 0.1) is 15.9 Å². The van der Waals surface area contributed by atoms with E-state index in [9.17, 15) is 8.42 Å². The third-order valence-corrected chi connectivity index (χ3v) is 8.35. The zero-order chi connectivity index (χ0) is 19.0. The lowest BCUT2D eigenvalue weighted by Gasteiger charge is -2.26. The monoisotopic (exact) mass is 405 g/mol. The number of nitrogens with zero attached hydrogens (tertiary/aromatic N) is 5. The molecule has 2 aliphatic rings. The highest BCUT2D eigenvalue weighted by atomic mass is 32.2. The van der Waals surface area contributed by atoms with Crippen molar-refractivity contribution in [3.63, 3.8) is 0 Å². The van der Waals surface area contributed by atoms with Gasteiger partial charge in [-0.2, -0.15) is 14.1 Å². The topological polar surface area (TPSA) is 80.5 Å². The fourth-order valence-corrected chi connectivity index (χ4v) is 6.24. The SMILES string of the molecule is CCN(CC)S(=O)(=O)c1cccc(-c2nnc3n2N=C2CCCC[C@@H]2S3)c1. The third kappa shape index (κ3) is 3.32. The van der Waals surface area contributed by atoms with Crippen molar-refractivity contribution in [3.05, 3.63) is 24.3 Å². The molecule has 27 heavy (non-hydrogen) atoms. The molecule has 1 aliphatic heterocycles. The molecule has 9 heteroatoms. The molecule has 0 unspecified atom stereocenters. The van der Waals surface area contributed by atoms with Gasteiger partial charge in [0.15, 0.2) is 5.82 Å². The van der Waals surface area contributed by atoms with Crippen LogP contribution in [0.1, 0.15) is 39.5 Å². The summed E-state index contributed by atoms with van der Waals surface area (Å²) >= 11 is 1.71. The predicted octanol–water partition coefficient (Wildman–Crippen LogP) is 3.23. The Balaban J connectivity index is 1.74. The van der Waals surface area contributed by atoms with Crippen LogP contribution in [-0.2, 0) is 10.0 Å². The molecule has 0 N–H and O–H groups in total. The lowest BCUT2D eigenvalue weighted by atomic mass is 9.98. The molecule has 0 radical (unpaired) electrons. The first-order valence-electron chi connectivity index (χ1n) is 9.35. The Kier molecular flexibility index (Phi) is 5.09. The minimum absolute atomic E-state index is 0.271. The molecular weight excluding hydrogens is 382 g/mol.